The number of amides is 1. The lowest BCUT2D eigenvalue weighted by molar-refractivity contribution is -0.143. The predicted molar refractivity (Wildman–Crippen MR) is 80.9 cm³/mol. The van der Waals surface area contributed by atoms with E-state index in [-0.39, 0.29) is 6.10 Å². The van der Waals surface area contributed by atoms with Gasteiger partial charge in [-0.3, -0.25) is 4.79 Å². The third kappa shape index (κ3) is 3.75. The summed E-state index contributed by atoms with van der Waals surface area (Å²) in [6.45, 7) is 3.20. The quantitative estimate of drug-likeness (QED) is 0.842. The second kappa shape index (κ2) is 6.77. The van der Waals surface area contributed by atoms with E-state index < -0.39 is 17.4 Å². The Morgan fingerprint density at radius 1 is 1.41 bits per heavy atom. The third-order valence-corrected chi connectivity index (χ3v) is 4.16. The van der Waals surface area contributed by atoms with Crippen LogP contribution in [0.3, 0.4) is 0 Å². The van der Waals surface area contributed by atoms with Crippen molar-refractivity contribution in [1.29, 1.82) is 0 Å². The maximum atomic E-state index is 12.1. The molecule has 1 aliphatic rings. The maximum absolute atomic E-state index is 12.1. The molecule has 1 aliphatic carbocycles. The van der Waals surface area contributed by atoms with Crippen molar-refractivity contribution >= 4 is 11.9 Å². The minimum atomic E-state index is -1.28. The SMILES string of the molecule is CCC(C)(NC(=O)c1ccc(OC2CCCC2)nc1)C(=O)O. The van der Waals surface area contributed by atoms with Gasteiger partial charge in [0, 0.05) is 12.3 Å². The number of pyridine rings is 1. The average molecular weight is 306 g/mol. The van der Waals surface area contributed by atoms with Crippen LogP contribution in [0.2, 0.25) is 0 Å². The van der Waals surface area contributed by atoms with E-state index in [0.717, 1.165) is 12.8 Å². The summed E-state index contributed by atoms with van der Waals surface area (Å²) in [6, 6.07) is 3.25. The number of carboxylic acids is 1. The largest absolute Gasteiger partial charge is 0.480 e. The Kier molecular flexibility index (Phi) is 5.00. The molecule has 0 aliphatic heterocycles. The monoisotopic (exact) mass is 306 g/mol. The Morgan fingerprint density at radius 2 is 2.09 bits per heavy atom. The van der Waals surface area contributed by atoms with Crippen LogP contribution >= 0.6 is 0 Å². The zero-order valence-corrected chi connectivity index (χ0v) is 13.0. The first-order chi connectivity index (χ1) is 10.4. The number of carboxylic acid groups (broad SMARTS) is 1. The Labute approximate surface area is 129 Å². The zero-order valence-electron chi connectivity index (χ0n) is 13.0. The standard InChI is InChI=1S/C16H22N2O4/c1-3-16(2,15(20)21)18-14(19)11-8-9-13(17-10-11)22-12-6-4-5-7-12/h8-10,12H,3-7H2,1-2H3,(H,18,19)(H,20,21). The van der Waals surface area contributed by atoms with Gasteiger partial charge >= 0.3 is 5.97 Å². The Morgan fingerprint density at radius 3 is 2.59 bits per heavy atom. The van der Waals surface area contributed by atoms with Gasteiger partial charge in [-0.05, 0) is 45.1 Å². The van der Waals surface area contributed by atoms with Crippen LogP contribution < -0.4 is 10.1 Å². The molecule has 1 amide bonds. The summed E-state index contributed by atoms with van der Waals surface area (Å²) in [4.78, 5) is 27.5. The number of hydrogen-bond donors (Lipinski definition) is 2. The van der Waals surface area contributed by atoms with Crippen LogP contribution in [0, 0.1) is 0 Å². The number of carbonyl (C=O) groups excluding carboxylic acids is 1. The summed E-state index contributed by atoms with van der Waals surface area (Å²) in [5.74, 6) is -1.01. The molecule has 0 radical (unpaired) electrons. The van der Waals surface area contributed by atoms with Crippen molar-refractivity contribution in [2.45, 2.75) is 57.6 Å². The van der Waals surface area contributed by atoms with E-state index in [2.05, 4.69) is 10.3 Å². The number of aliphatic carboxylic acids is 1. The van der Waals surface area contributed by atoms with E-state index in [1.807, 2.05) is 0 Å². The third-order valence-electron chi connectivity index (χ3n) is 4.16. The molecular weight excluding hydrogens is 284 g/mol. The van der Waals surface area contributed by atoms with Crippen molar-refractivity contribution in [2.24, 2.45) is 0 Å². The minimum Gasteiger partial charge on any atom is -0.480 e. The van der Waals surface area contributed by atoms with Crippen LogP contribution in [0.15, 0.2) is 18.3 Å². The summed E-state index contributed by atoms with van der Waals surface area (Å²) in [5.41, 5.74) is -0.962. The van der Waals surface area contributed by atoms with Crippen molar-refractivity contribution < 1.29 is 19.4 Å². The van der Waals surface area contributed by atoms with Gasteiger partial charge < -0.3 is 15.2 Å². The van der Waals surface area contributed by atoms with Crippen molar-refractivity contribution in [3.63, 3.8) is 0 Å². The van der Waals surface area contributed by atoms with E-state index in [1.54, 1.807) is 19.1 Å². The summed E-state index contributed by atoms with van der Waals surface area (Å²) < 4.78 is 5.73. The summed E-state index contributed by atoms with van der Waals surface area (Å²) in [6.07, 6.45) is 6.35. The van der Waals surface area contributed by atoms with Gasteiger partial charge in [0.1, 0.15) is 11.6 Å². The van der Waals surface area contributed by atoms with E-state index in [1.165, 1.54) is 26.0 Å². The lowest BCUT2D eigenvalue weighted by atomic mass is 9.99. The fraction of sp³-hybridized carbons (Fsp3) is 0.562. The lowest BCUT2D eigenvalue weighted by Crippen LogP contribution is -2.51. The molecule has 1 unspecified atom stereocenters. The van der Waals surface area contributed by atoms with Crippen molar-refractivity contribution in [3.05, 3.63) is 23.9 Å². The molecule has 6 heteroatoms. The number of carbonyl (C=O) groups is 2. The molecule has 1 atom stereocenters. The Hall–Kier alpha value is -2.11. The molecule has 1 saturated carbocycles. The molecule has 0 spiro atoms. The van der Waals surface area contributed by atoms with E-state index in [0.29, 0.717) is 17.9 Å². The van der Waals surface area contributed by atoms with Gasteiger partial charge in [0.2, 0.25) is 5.88 Å². The van der Waals surface area contributed by atoms with Crippen molar-refractivity contribution in [2.75, 3.05) is 0 Å². The van der Waals surface area contributed by atoms with Crippen LogP contribution in [0.25, 0.3) is 0 Å². The number of nitrogens with zero attached hydrogens (tertiary/aromatic N) is 1. The first kappa shape index (κ1) is 16.3. The highest BCUT2D eigenvalue weighted by atomic mass is 16.5. The summed E-state index contributed by atoms with van der Waals surface area (Å²) >= 11 is 0. The molecule has 22 heavy (non-hydrogen) atoms. The summed E-state index contributed by atoms with van der Waals surface area (Å²) in [7, 11) is 0. The van der Waals surface area contributed by atoms with Gasteiger partial charge in [-0.15, -0.1) is 0 Å². The molecule has 2 rings (SSSR count). The van der Waals surface area contributed by atoms with Gasteiger partial charge in [0.15, 0.2) is 0 Å². The second-order valence-electron chi connectivity index (χ2n) is 5.85. The van der Waals surface area contributed by atoms with Crippen LogP contribution in [0.4, 0.5) is 0 Å². The highest BCUT2D eigenvalue weighted by Gasteiger charge is 2.33. The lowest BCUT2D eigenvalue weighted by Gasteiger charge is -2.24. The molecule has 1 fully saturated rings. The second-order valence-corrected chi connectivity index (χ2v) is 5.85. The van der Waals surface area contributed by atoms with Crippen molar-refractivity contribution in [3.8, 4) is 5.88 Å². The van der Waals surface area contributed by atoms with Gasteiger partial charge in [0.25, 0.3) is 5.91 Å². The number of ether oxygens (including phenoxy) is 1. The molecule has 1 aromatic rings. The molecule has 6 nitrogen and oxygen atoms in total. The van der Waals surface area contributed by atoms with Crippen LogP contribution in [-0.2, 0) is 4.79 Å². The van der Waals surface area contributed by atoms with Gasteiger partial charge in [-0.25, -0.2) is 9.78 Å². The number of rotatable bonds is 6. The first-order valence-corrected chi connectivity index (χ1v) is 7.63. The van der Waals surface area contributed by atoms with Gasteiger partial charge in [-0.1, -0.05) is 6.92 Å². The Balaban J connectivity index is 2.00. The Bertz CT molecular complexity index is 538. The smallest absolute Gasteiger partial charge is 0.329 e. The molecule has 0 bridgehead atoms. The molecular formula is C16H22N2O4. The fourth-order valence-electron chi connectivity index (χ4n) is 2.38. The maximum Gasteiger partial charge on any atom is 0.329 e. The number of aromatic nitrogens is 1. The van der Waals surface area contributed by atoms with E-state index in [4.69, 9.17) is 4.74 Å². The summed E-state index contributed by atoms with van der Waals surface area (Å²) in [5, 5.41) is 11.7. The minimum absolute atomic E-state index is 0.211. The van der Waals surface area contributed by atoms with Gasteiger partial charge in [0.05, 0.1) is 5.56 Å². The highest BCUT2D eigenvalue weighted by molar-refractivity contribution is 5.97. The molecule has 1 heterocycles. The zero-order chi connectivity index (χ0) is 16.2. The topological polar surface area (TPSA) is 88.5 Å². The molecule has 2 N–H and O–H groups in total. The number of nitrogens with one attached hydrogen (secondary N) is 1. The highest BCUT2D eigenvalue weighted by Crippen LogP contribution is 2.23. The van der Waals surface area contributed by atoms with Gasteiger partial charge in [-0.2, -0.15) is 0 Å². The van der Waals surface area contributed by atoms with E-state index >= 15 is 0 Å². The molecule has 120 valence electrons. The molecule has 0 aromatic carbocycles. The van der Waals surface area contributed by atoms with E-state index in [9.17, 15) is 14.7 Å². The fourth-order valence-corrected chi connectivity index (χ4v) is 2.38. The van der Waals surface area contributed by atoms with Crippen molar-refractivity contribution in [1.82, 2.24) is 10.3 Å². The molecule has 0 saturated heterocycles. The molecule has 1 aromatic heterocycles. The van der Waals surface area contributed by atoms with Crippen LogP contribution in [-0.4, -0.2) is 33.6 Å². The predicted octanol–water partition coefficient (Wildman–Crippen LogP) is 2.39. The average Bonchev–Trinajstić information content (AvgIpc) is 3.00. The van der Waals surface area contributed by atoms with Crippen LogP contribution in [0.5, 0.6) is 5.88 Å². The normalized spacial score (nSPS) is 17.7. The first-order valence-electron chi connectivity index (χ1n) is 7.63. The van der Waals surface area contributed by atoms with Crippen LogP contribution in [0.1, 0.15) is 56.3 Å². The number of hydrogen-bond acceptors (Lipinski definition) is 4.